The second-order valence-corrected chi connectivity index (χ2v) is 14.9. The summed E-state index contributed by atoms with van der Waals surface area (Å²) in [5.41, 5.74) is 8.55. The fraction of sp³-hybridized carbons (Fsp3) is 0.360. The van der Waals surface area contributed by atoms with Gasteiger partial charge in [0.15, 0.2) is 0 Å². The van der Waals surface area contributed by atoms with E-state index in [2.05, 4.69) is 148 Å². The Labute approximate surface area is 302 Å². The molecule has 2 aliphatic rings. The summed E-state index contributed by atoms with van der Waals surface area (Å²) >= 11 is 0. The van der Waals surface area contributed by atoms with Crippen LogP contribution in [0.4, 0.5) is 0 Å². The molecule has 0 radical (unpaired) electrons. The number of hydrogen-bond donors (Lipinski definition) is 0. The molecule has 1 unspecified atom stereocenters. The van der Waals surface area contributed by atoms with Crippen LogP contribution in [0.15, 0.2) is 109 Å². The lowest BCUT2D eigenvalue weighted by atomic mass is 9.84. The summed E-state index contributed by atoms with van der Waals surface area (Å²) < 4.78 is 0. The molecule has 0 heteroatoms. The van der Waals surface area contributed by atoms with Crippen LogP contribution < -0.4 is 0 Å². The lowest BCUT2D eigenvalue weighted by Crippen LogP contribution is -2.04. The van der Waals surface area contributed by atoms with E-state index in [9.17, 15) is 0 Å². The highest BCUT2D eigenvalue weighted by molar-refractivity contribution is 5.99. The highest BCUT2D eigenvalue weighted by Crippen LogP contribution is 2.33. The molecule has 2 fully saturated rings. The van der Waals surface area contributed by atoms with Gasteiger partial charge in [-0.1, -0.05) is 131 Å². The Hall–Kier alpha value is -4.52. The zero-order valence-corrected chi connectivity index (χ0v) is 30.7. The molecule has 0 aliphatic heterocycles. The van der Waals surface area contributed by atoms with Crippen molar-refractivity contribution in [3.8, 4) is 23.7 Å². The molecule has 2 aliphatic carbocycles. The second kappa shape index (κ2) is 17.4. The smallest absolute Gasteiger partial charge is 0.0255 e. The zero-order chi connectivity index (χ0) is 34.7. The summed E-state index contributed by atoms with van der Waals surface area (Å²) in [7, 11) is 0. The van der Waals surface area contributed by atoms with E-state index in [4.69, 9.17) is 0 Å². The third-order valence-electron chi connectivity index (χ3n) is 11.0. The van der Waals surface area contributed by atoms with Gasteiger partial charge in [-0.2, -0.15) is 0 Å². The van der Waals surface area contributed by atoms with Gasteiger partial charge < -0.3 is 0 Å². The molecular formula is C50H54. The fourth-order valence-electron chi connectivity index (χ4n) is 7.67. The number of hydrogen-bond acceptors (Lipinski definition) is 0. The van der Waals surface area contributed by atoms with Crippen LogP contribution in [0.3, 0.4) is 0 Å². The van der Waals surface area contributed by atoms with Gasteiger partial charge in [0.2, 0.25) is 0 Å². The molecule has 0 spiro atoms. The van der Waals surface area contributed by atoms with Crippen molar-refractivity contribution in [2.24, 2.45) is 5.92 Å². The van der Waals surface area contributed by atoms with E-state index in [0.717, 1.165) is 40.0 Å². The van der Waals surface area contributed by atoms with Gasteiger partial charge in [-0.25, -0.2) is 0 Å². The molecule has 0 nitrogen and oxygen atoms in total. The van der Waals surface area contributed by atoms with Crippen LogP contribution in [-0.4, -0.2) is 0 Å². The predicted molar refractivity (Wildman–Crippen MR) is 217 cm³/mol. The first kappa shape index (κ1) is 35.3. The predicted octanol–water partition coefficient (Wildman–Crippen LogP) is 13.9. The van der Waals surface area contributed by atoms with Crippen molar-refractivity contribution in [2.45, 2.75) is 110 Å². The Morgan fingerprint density at radius 1 is 0.540 bits per heavy atom. The van der Waals surface area contributed by atoms with Crippen molar-refractivity contribution >= 4 is 21.5 Å². The lowest BCUT2D eigenvalue weighted by molar-refractivity contribution is 0.443. The van der Waals surface area contributed by atoms with Gasteiger partial charge in [0.25, 0.3) is 0 Å². The van der Waals surface area contributed by atoms with Crippen molar-refractivity contribution in [1.29, 1.82) is 0 Å². The van der Waals surface area contributed by atoms with Crippen molar-refractivity contribution in [1.82, 2.24) is 0 Å². The Kier molecular flexibility index (Phi) is 12.3. The molecule has 7 rings (SSSR count). The van der Waals surface area contributed by atoms with Crippen LogP contribution in [0.25, 0.3) is 21.5 Å². The zero-order valence-electron chi connectivity index (χ0n) is 30.7. The summed E-state index contributed by atoms with van der Waals surface area (Å²) in [6, 6.07) is 35.6. The third-order valence-corrected chi connectivity index (χ3v) is 11.0. The molecule has 0 saturated heterocycles. The SMILES string of the molecule is C(#Cc1ccc2cc3cc(C#Cc4ccc(C5CCCCC5)cc4)ccc3cc2c1)c1ccc(C2CCCCC2)cc1.C=C(C)C(C)CCC. The molecule has 0 amide bonds. The van der Waals surface area contributed by atoms with Gasteiger partial charge in [-0.3, -0.25) is 0 Å². The van der Waals surface area contributed by atoms with Gasteiger partial charge in [-0.15, -0.1) is 0 Å². The van der Waals surface area contributed by atoms with Crippen LogP contribution in [-0.2, 0) is 0 Å². The van der Waals surface area contributed by atoms with Crippen LogP contribution in [0.2, 0.25) is 0 Å². The van der Waals surface area contributed by atoms with E-state index in [1.54, 1.807) is 0 Å². The number of benzene rings is 5. The summed E-state index contributed by atoms with van der Waals surface area (Å²) in [6.07, 6.45) is 16.2. The van der Waals surface area contributed by atoms with Crippen molar-refractivity contribution in [2.75, 3.05) is 0 Å². The normalized spacial score (nSPS) is 15.6. The van der Waals surface area contributed by atoms with Crippen molar-refractivity contribution < 1.29 is 0 Å². The average molecular weight is 655 g/mol. The standard InChI is InChI=1S/C42H38.C8H16/c1-3-7-35(8-4-1)37-21-15-31(16-22-37)11-13-33-19-25-39-30-42-28-34(20-26-40(42)29-41(39)27-33)14-12-32-17-23-38(24-18-32)36-9-5-2-6-10-36;1-5-6-8(4)7(2)3/h15-30,35-36H,1-10H2;8H,2,5-6H2,1,3-4H3. The Morgan fingerprint density at radius 3 is 1.28 bits per heavy atom. The number of fused-ring (bicyclic) bond motifs is 2. The van der Waals surface area contributed by atoms with Gasteiger partial charge >= 0.3 is 0 Å². The molecule has 5 aromatic carbocycles. The lowest BCUT2D eigenvalue weighted by Gasteiger charge is -2.21. The summed E-state index contributed by atoms with van der Waals surface area (Å²) in [6.45, 7) is 10.4. The minimum Gasteiger partial charge on any atom is -0.0999 e. The molecule has 0 heterocycles. The summed E-state index contributed by atoms with van der Waals surface area (Å²) in [4.78, 5) is 0. The fourth-order valence-corrected chi connectivity index (χ4v) is 7.67. The largest absolute Gasteiger partial charge is 0.0999 e. The second-order valence-electron chi connectivity index (χ2n) is 14.9. The minimum absolute atomic E-state index is 0.722. The van der Waals surface area contributed by atoms with E-state index in [-0.39, 0.29) is 0 Å². The molecule has 0 N–H and O–H groups in total. The number of allylic oxidation sites excluding steroid dienone is 1. The van der Waals surface area contributed by atoms with Crippen LogP contribution in [0.5, 0.6) is 0 Å². The van der Waals surface area contributed by atoms with Gasteiger partial charge in [0.05, 0.1) is 0 Å². The summed E-state index contributed by atoms with van der Waals surface area (Å²) in [5, 5.41) is 4.90. The van der Waals surface area contributed by atoms with E-state index in [0.29, 0.717) is 0 Å². The van der Waals surface area contributed by atoms with Gasteiger partial charge in [0.1, 0.15) is 0 Å². The highest BCUT2D eigenvalue weighted by atomic mass is 14.2. The van der Waals surface area contributed by atoms with E-state index in [1.807, 2.05) is 0 Å². The molecule has 0 aromatic heterocycles. The van der Waals surface area contributed by atoms with E-state index < -0.39 is 0 Å². The molecule has 254 valence electrons. The average Bonchev–Trinajstić information content (AvgIpc) is 3.17. The minimum atomic E-state index is 0.722. The first-order valence-electron chi connectivity index (χ1n) is 19.3. The molecule has 0 bridgehead atoms. The van der Waals surface area contributed by atoms with Gasteiger partial charge in [0, 0.05) is 22.3 Å². The van der Waals surface area contributed by atoms with Crippen molar-refractivity contribution in [3.05, 3.63) is 143 Å². The van der Waals surface area contributed by atoms with E-state index >= 15 is 0 Å². The van der Waals surface area contributed by atoms with E-state index in [1.165, 1.54) is 115 Å². The Morgan fingerprint density at radius 2 is 0.920 bits per heavy atom. The molecule has 1 atom stereocenters. The first-order chi connectivity index (χ1) is 24.4. The maximum atomic E-state index is 3.87. The van der Waals surface area contributed by atoms with Crippen LogP contribution >= 0.6 is 0 Å². The summed E-state index contributed by atoms with van der Waals surface area (Å²) in [5.74, 6) is 15.8. The molecular weight excluding hydrogens is 601 g/mol. The maximum Gasteiger partial charge on any atom is 0.0255 e. The van der Waals surface area contributed by atoms with Crippen molar-refractivity contribution in [3.63, 3.8) is 0 Å². The quantitative estimate of drug-likeness (QED) is 0.100. The number of rotatable bonds is 5. The van der Waals surface area contributed by atoms with Gasteiger partial charge in [-0.05, 0) is 150 Å². The molecule has 50 heavy (non-hydrogen) atoms. The Bertz CT molecular complexity index is 1870. The maximum absolute atomic E-state index is 3.87. The third kappa shape index (κ3) is 9.58. The topological polar surface area (TPSA) is 0 Å². The monoisotopic (exact) mass is 654 g/mol. The Balaban J connectivity index is 0.000000485. The molecule has 5 aromatic rings. The van der Waals surface area contributed by atoms with Crippen LogP contribution in [0, 0.1) is 29.6 Å². The van der Waals surface area contributed by atoms with Crippen LogP contribution in [0.1, 0.15) is 143 Å². The highest BCUT2D eigenvalue weighted by Gasteiger charge is 2.16. The molecule has 2 saturated carbocycles. The first-order valence-corrected chi connectivity index (χ1v) is 19.3.